The van der Waals surface area contributed by atoms with Crippen molar-refractivity contribution >= 4 is 11.8 Å². The predicted molar refractivity (Wildman–Crippen MR) is 97.9 cm³/mol. The Labute approximate surface area is 148 Å². The standard InChI is InChI=1S/C21H24N2O2/c1-16-7-9-18(10-8-16)15-23-19(11-12-20(23)24)21(25)22-14-13-17-5-3-2-4-6-17/h2-10,19H,11-15H2,1H3,(H,22,25)/t19-/m0/s1. The van der Waals surface area contributed by atoms with Gasteiger partial charge in [-0.05, 0) is 30.9 Å². The van der Waals surface area contributed by atoms with Crippen LogP contribution in [0.1, 0.15) is 29.5 Å². The number of nitrogens with one attached hydrogen (secondary N) is 1. The molecule has 4 nitrogen and oxygen atoms in total. The zero-order valence-corrected chi connectivity index (χ0v) is 14.6. The minimum Gasteiger partial charge on any atom is -0.354 e. The van der Waals surface area contributed by atoms with Gasteiger partial charge in [-0.15, -0.1) is 0 Å². The smallest absolute Gasteiger partial charge is 0.242 e. The summed E-state index contributed by atoms with van der Waals surface area (Å²) in [6.45, 7) is 3.12. The zero-order valence-electron chi connectivity index (χ0n) is 14.6. The molecule has 4 heteroatoms. The van der Waals surface area contributed by atoms with Crippen molar-refractivity contribution in [1.82, 2.24) is 10.2 Å². The van der Waals surface area contributed by atoms with Crippen LogP contribution in [0.15, 0.2) is 54.6 Å². The highest BCUT2D eigenvalue weighted by Gasteiger charge is 2.35. The van der Waals surface area contributed by atoms with Crippen LogP contribution in [0.2, 0.25) is 0 Å². The van der Waals surface area contributed by atoms with Crippen molar-refractivity contribution < 1.29 is 9.59 Å². The van der Waals surface area contributed by atoms with Crippen molar-refractivity contribution in [3.63, 3.8) is 0 Å². The van der Waals surface area contributed by atoms with Crippen molar-refractivity contribution in [2.45, 2.75) is 38.8 Å². The molecular weight excluding hydrogens is 312 g/mol. The maximum Gasteiger partial charge on any atom is 0.242 e. The number of carbonyl (C=O) groups is 2. The third kappa shape index (κ3) is 4.47. The molecule has 1 N–H and O–H groups in total. The van der Waals surface area contributed by atoms with Crippen molar-refractivity contribution in [2.24, 2.45) is 0 Å². The quantitative estimate of drug-likeness (QED) is 0.882. The van der Waals surface area contributed by atoms with Crippen LogP contribution in [0.4, 0.5) is 0 Å². The predicted octanol–water partition coefficient (Wildman–Crippen LogP) is 2.84. The largest absolute Gasteiger partial charge is 0.354 e. The van der Waals surface area contributed by atoms with Gasteiger partial charge in [-0.3, -0.25) is 9.59 Å². The van der Waals surface area contributed by atoms with Crippen LogP contribution in [-0.4, -0.2) is 29.3 Å². The van der Waals surface area contributed by atoms with E-state index >= 15 is 0 Å². The van der Waals surface area contributed by atoms with Crippen molar-refractivity contribution in [1.29, 1.82) is 0 Å². The maximum absolute atomic E-state index is 12.5. The van der Waals surface area contributed by atoms with Gasteiger partial charge in [0.1, 0.15) is 6.04 Å². The number of nitrogens with zero attached hydrogens (tertiary/aromatic N) is 1. The van der Waals surface area contributed by atoms with Gasteiger partial charge in [0.05, 0.1) is 0 Å². The van der Waals surface area contributed by atoms with Gasteiger partial charge in [0.2, 0.25) is 11.8 Å². The second kappa shape index (κ2) is 7.97. The molecule has 0 saturated carbocycles. The van der Waals surface area contributed by atoms with E-state index in [0.29, 0.717) is 25.9 Å². The van der Waals surface area contributed by atoms with Gasteiger partial charge in [0.25, 0.3) is 0 Å². The number of carbonyl (C=O) groups excluding carboxylic acids is 2. The van der Waals surface area contributed by atoms with Crippen LogP contribution in [-0.2, 0) is 22.6 Å². The Bertz CT molecular complexity index is 725. The van der Waals surface area contributed by atoms with E-state index in [0.717, 1.165) is 12.0 Å². The minimum absolute atomic E-state index is 0.0473. The monoisotopic (exact) mass is 336 g/mol. The Balaban J connectivity index is 1.56. The van der Waals surface area contributed by atoms with Crippen molar-refractivity contribution in [3.8, 4) is 0 Å². The van der Waals surface area contributed by atoms with Crippen LogP contribution in [0.25, 0.3) is 0 Å². The summed E-state index contributed by atoms with van der Waals surface area (Å²) in [5.74, 6) is 0.0117. The van der Waals surface area contributed by atoms with E-state index in [1.807, 2.05) is 49.4 Å². The lowest BCUT2D eigenvalue weighted by Crippen LogP contribution is -2.44. The van der Waals surface area contributed by atoms with Crippen molar-refractivity contribution in [3.05, 3.63) is 71.3 Å². The molecule has 0 radical (unpaired) electrons. The van der Waals surface area contributed by atoms with Crippen LogP contribution in [0.5, 0.6) is 0 Å². The van der Waals surface area contributed by atoms with E-state index < -0.39 is 0 Å². The highest BCUT2D eigenvalue weighted by molar-refractivity contribution is 5.90. The molecule has 2 aromatic carbocycles. The summed E-state index contributed by atoms with van der Waals surface area (Å²) in [6, 6.07) is 17.8. The summed E-state index contributed by atoms with van der Waals surface area (Å²) in [4.78, 5) is 26.4. The Morgan fingerprint density at radius 1 is 1.08 bits per heavy atom. The molecular formula is C21H24N2O2. The molecule has 25 heavy (non-hydrogen) atoms. The van der Waals surface area contributed by atoms with E-state index in [-0.39, 0.29) is 17.9 Å². The van der Waals surface area contributed by atoms with Gasteiger partial charge in [-0.25, -0.2) is 0 Å². The highest BCUT2D eigenvalue weighted by Crippen LogP contribution is 2.22. The molecule has 0 aliphatic carbocycles. The van der Waals surface area contributed by atoms with Gasteiger partial charge in [0, 0.05) is 19.5 Å². The third-order valence-electron chi connectivity index (χ3n) is 4.66. The average molecular weight is 336 g/mol. The molecule has 0 bridgehead atoms. The van der Waals surface area contributed by atoms with Crippen LogP contribution < -0.4 is 5.32 Å². The molecule has 3 rings (SSSR count). The number of rotatable bonds is 6. The Morgan fingerprint density at radius 3 is 2.52 bits per heavy atom. The Morgan fingerprint density at radius 2 is 1.80 bits per heavy atom. The summed E-state index contributed by atoms with van der Waals surface area (Å²) in [5.41, 5.74) is 3.44. The van der Waals surface area contributed by atoms with Crippen molar-refractivity contribution in [2.75, 3.05) is 6.54 Å². The molecule has 1 heterocycles. The first kappa shape index (κ1) is 17.2. The summed E-state index contributed by atoms with van der Waals surface area (Å²) in [5, 5.41) is 2.99. The molecule has 1 saturated heterocycles. The first-order valence-corrected chi connectivity index (χ1v) is 8.80. The van der Waals surface area contributed by atoms with Gasteiger partial charge < -0.3 is 10.2 Å². The molecule has 1 atom stereocenters. The maximum atomic E-state index is 12.5. The first-order valence-electron chi connectivity index (χ1n) is 8.80. The van der Waals surface area contributed by atoms with E-state index in [2.05, 4.69) is 17.4 Å². The molecule has 0 aromatic heterocycles. The van der Waals surface area contributed by atoms with Crippen LogP contribution in [0.3, 0.4) is 0 Å². The molecule has 0 spiro atoms. The lowest BCUT2D eigenvalue weighted by Gasteiger charge is -2.24. The van der Waals surface area contributed by atoms with E-state index in [9.17, 15) is 9.59 Å². The van der Waals surface area contributed by atoms with Gasteiger partial charge >= 0.3 is 0 Å². The van der Waals surface area contributed by atoms with E-state index in [1.165, 1.54) is 11.1 Å². The number of aryl methyl sites for hydroxylation is 1. The fourth-order valence-corrected chi connectivity index (χ4v) is 3.19. The summed E-state index contributed by atoms with van der Waals surface area (Å²) >= 11 is 0. The number of hydrogen-bond acceptors (Lipinski definition) is 2. The van der Waals surface area contributed by atoms with E-state index in [4.69, 9.17) is 0 Å². The molecule has 2 aromatic rings. The molecule has 1 aliphatic heterocycles. The number of hydrogen-bond donors (Lipinski definition) is 1. The third-order valence-corrected chi connectivity index (χ3v) is 4.66. The topological polar surface area (TPSA) is 49.4 Å². The minimum atomic E-state index is -0.357. The summed E-state index contributed by atoms with van der Waals surface area (Å²) in [6.07, 6.45) is 1.84. The second-order valence-corrected chi connectivity index (χ2v) is 6.59. The van der Waals surface area contributed by atoms with E-state index in [1.54, 1.807) is 4.90 Å². The summed E-state index contributed by atoms with van der Waals surface area (Å²) < 4.78 is 0. The molecule has 1 aliphatic rings. The molecule has 1 fully saturated rings. The lowest BCUT2D eigenvalue weighted by molar-refractivity contribution is -0.135. The number of amides is 2. The molecule has 0 unspecified atom stereocenters. The van der Waals surface area contributed by atoms with Gasteiger partial charge in [0.15, 0.2) is 0 Å². The second-order valence-electron chi connectivity index (χ2n) is 6.59. The van der Waals surface area contributed by atoms with Crippen LogP contribution in [0, 0.1) is 6.92 Å². The Kier molecular flexibility index (Phi) is 5.49. The summed E-state index contributed by atoms with van der Waals surface area (Å²) in [7, 11) is 0. The lowest BCUT2D eigenvalue weighted by atomic mass is 10.1. The average Bonchev–Trinajstić information content (AvgIpc) is 2.98. The SMILES string of the molecule is Cc1ccc(CN2C(=O)CC[C@H]2C(=O)NCCc2ccccc2)cc1. The fourth-order valence-electron chi connectivity index (χ4n) is 3.19. The van der Waals surface area contributed by atoms with Crippen LogP contribution >= 0.6 is 0 Å². The number of likely N-dealkylation sites (tertiary alicyclic amines) is 1. The normalized spacial score (nSPS) is 16.9. The fraction of sp³-hybridized carbons (Fsp3) is 0.333. The zero-order chi connectivity index (χ0) is 17.6. The highest BCUT2D eigenvalue weighted by atomic mass is 16.2. The van der Waals surface area contributed by atoms with Gasteiger partial charge in [-0.2, -0.15) is 0 Å². The molecule has 130 valence electrons. The van der Waals surface area contributed by atoms with Gasteiger partial charge in [-0.1, -0.05) is 60.2 Å². The molecule has 2 amide bonds. The number of benzene rings is 2. The first-order chi connectivity index (χ1) is 12.1. The Hall–Kier alpha value is -2.62.